The third-order valence-electron chi connectivity index (χ3n) is 5.09. The number of rotatable bonds is 3. The molecule has 0 bridgehead atoms. The van der Waals surface area contributed by atoms with E-state index in [-0.39, 0.29) is 17.0 Å². The van der Waals surface area contributed by atoms with Gasteiger partial charge >= 0.3 is 0 Å². The van der Waals surface area contributed by atoms with Crippen LogP contribution in [0.5, 0.6) is 0 Å². The first kappa shape index (κ1) is 16.0. The van der Waals surface area contributed by atoms with Gasteiger partial charge in [-0.25, -0.2) is 4.39 Å². The highest BCUT2D eigenvalue weighted by Crippen LogP contribution is 2.31. The lowest BCUT2D eigenvalue weighted by molar-refractivity contribution is 0.0758. The Labute approximate surface area is 145 Å². The highest BCUT2D eigenvalue weighted by atomic mass is 19.1. The molecule has 2 aromatic heterocycles. The maximum atomic E-state index is 13.9. The van der Waals surface area contributed by atoms with Gasteiger partial charge in [-0.05, 0) is 36.8 Å². The first-order valence-electron chi connectivity index (χ1n) is 8.74. The van der Waals surface area contributed by atoms with E-state index >= 15 is 0 Å². The average Bonchev–Trinajstić information content (AvgIpc) is 3.44. The molecule has 0 N–H and O–H groups in total. The van der Waals surface area contributed by atoms with E-state index in [2.05, 4.69) is 4.98 Å². The van der Waals surface area contributed by atoms with Crippen molar-refractivity contribution in [3.8, 4) is 0 Å². The molecule has 0 radical (unpaired) electrons. The molecule has 0 atom stereocenters. The Bertz CT molecular complexity index is 873. The van der Waals surface area contributed by atoms with Gasteiger partial charge in [0.05, 0.1) is 11.8 Å². The number of nitrogens with zero attached hydrogens (tertiary/aromatic N) is 3. The lowest BCUT2D eigenvalue weighted by Crippen LogP contribution is -2.34. The summed E-state index contributed by atoms with van der Waals surface area (Å²) in [5, 5.41) is 0. The van der Waals surface area contributed by atoms with Crippen LogP contribution in [-0.2, 0) is 19.4 Å². The topological polar surface area (TPSA) is 55.2 Å². The Kier molecular flexibility index (Phi) is 4.11. The number of hydrogen-bond donors (Lipinski definition) is 0. The fourth-order valence-electron chi connectivity index (χ4n) is 3.48. The predicted molar refractivity (Wildman–Crippen MR) is 90.9 cm³/mol. The molecular weight excluding hydrogens is 321 g/mol. The summed E-state index contributed by atoms with van der Waals surface area (Å²) in [6, 6.07) is 4.92. The normalized spacial score (nSPS) is 17.1. The van der Waals surface area contributed by atoms with Crippen molar-refractivity contribution < 1.29 is 9.18 Å². The molecule has 1 fully saturated rings. The van der Waals surface area contributed by atoms with Crippen LogP contribution in [0.15, 0.2) is 35.4 Å². The SMILES string of the molecule is O=C(c1ccncc1F)N1CCc2ccc(=O)n(CC3CC3)c2CC1. The van der Waals surface area contributed by atoms with E-state index in [0.717, 1.165) is 24.0 Å². The molecule has 3 heterocycles. The monoisotopic (exact) mass is 341 g/mol. The Morgan fingerprint density at radius 1 is 1.20 bits per heavy atom. The van der Waals surface area contributed by atoms with E-state index in [4.69, 9.17) is 0 Å². The predicted octanol–water partition coefficient (Wildman–Crippen LogP) is 2.03. The van der Waals surface area contributed by atoms with Crippen LogP contribution >= 0.6 is 0 Å². The number of halogens is 1. The van der Waals surface area contributed by atoms with Crippen molar-refractivity contribution in [3.63, 3.8) is 0 Å². The molecule has 1 aliphatic carbocycles. The summed E-state index contributed by atoms with van der Waals surface area (Å²) in [5.41, 5.74) is 2.23. The zero-order valence-corrected chi connectivity index (χ0v) is 13.9. The van der Waals surface area contributed by atoms with Gasteiger partial charge in [-0.1, -0.05) is 6.07 Å². The quantitative estimate of drug-likeness (QED) is 0.858. The summed E-state index contributed by atoms with van der Waals surface area (Å²) in [5.74, 6) is -0.306. The fraction of sp³-hybridized carbons (Fsp3) is 0.421. The maximum absolute atomic E-state index is 13.9. The maximum Gasteiger partial charge on any atom is 0.256 e. The molecule has 5 nitrogen and oxygen atoms in total. The van der Waals surface area contributed by atoms with E-state index in [1.807, 2.05) is 10.6 Å². The average molecular weight is 341 g/mol. The van der Waals surface area contributed by atoms with Gasteiger partial charge in [0.25, 0.3) is 11.5 Å². The zero-order valence-electron chi connectivity index (χ0n) is 13.9. The third kappa shape index (κ3) is 3.21. The van der Waals surface area contributed by atoms with E-state index < -0.39 is 5.82 Å². The second-order valence-corrected chi connectivity index (χ2v) is 6.85. The molecule has 25 heavy (non-hydrogen) atoms. The van der Waals surface area contributed by atoms with Crippen LogP contribution in [0.3, 0.4) is 0 Å². The molecule has 0 saturated heterocycles. The van der Waals surface area contributed by atoms with Crippen LogP contribution in [0, 0.1) is 11.7 Å². The minimum Gasteiger partial charge on any atom is -0.338 e. The van der Waals surface area contributed by atoms with Crippen molar-refractivity contribution in [3.05, 3.63) is 63.6 Å². The van der Waals surface area contributed by atoms with Gasteiger partial charge in [0.15, 0.2) is 5.82 Å². The van der Waals surface area contributed by atoms with Crippen LogP contribution in [0.2, 0.25) is 0 Å². The lowest BCUT2D eigenvalue weighted by Gasteiger charge is -2.20. The van der Waals surface area contributed by atoms with Gasteiger partial charge in [-0.3, -0.25) is 14.6 Å². The smallest absolute Gasteiger partial charge is 0.256 e. The van der Waals surface area contributed by atoms with Crippen molar-refractivity contribution >= 4 is 5.91 Å². The van der Waals surface area contributed by atoms with Gasteiger partial charge in [-0.15, -0.1) is 0 Å². The molecule has 2 aromatic rings. The Balaban J connectivity index is 1.58. The third-order valence-corrected chi connectivity index (χ3v) is 5.09. The summed E-state index contributed by atoms with van der Waals surface area (Å²) in [6.07, 6.45) is 6.16. The number of amides is 1. The molecule has 0 spiro atoms. The van der Waals surface area contributed by atoms with E-state index in [1.54, 1.807) is 11.0 Å². The van der Waals surface area contributed by atoms with Crippen molar-refractivity contribution in [1.82, 2.24) is 14.5 Å². The molecule has 6 heteroatoms. The van der Waals surface area contributed by atoms with Crippen LogP contribution in [0.4, 0.5) is 4.39 Å². The Morgan fingerprint density at radius 2 is 2.00 bits per heavy atom. The van der Waals surface area contributed by atoms with Gasteiger partial charge in [-0.2, -0.15) is 0 Å². The van der Waals surface area contributed by atoms with E-state index in [0.29, 0.717) is 31.8 Å². The lowest BCUT2D eigenvalue weighted by atomic mass is 10.1. The van der Waals surface area contributed by atoms with Gasteiger partial charge in [0.1, 0.15) is 0 Å². The van der Waals surface area contributed by atoms with Crippen LogP contribution in [0.25, 0.3) is 0 Å². The molecule has 1 amide bonds. The first-order valence-corrected chi connectivity index (χ1v) is 8.74. The molecule has 1 aliphatic heterocycles. The number of fused-ring (bicyclic) bond motifs is 1. The molecule has 130 valence electrons. The minimum absolute atomic E-state index is 0.0330. The minimum atomic E-state index is -0.597. The molecule has 1 saturated carbocycles. The number of carbonyl (C=O) groups excluding carboxylic acids is 1. The summed E-state index contributed by atoms with van der Waals surface area (Å²) in [7, 11) is 0. The second-order valence-electron chi connectivity index (χ2n) is 6.85. The van der Waals surface area contributed by atoms with Crippen LogP contribution < -0.4 is 5.56 Å². The molecule has 0 unspecified atom stereocenters. The number of hydrogen-bond acceptors (Lipinski definition) is 3. The Morgan fingerprint density at radius 3 is 2.76 bits per heavy atom. The largest absolute Gasteiger partial charge is 0.338 e. The Hall–Kier alpha value is -2.50. The first-order chi connectivity index (χ1) is 12.1. The van der Waals surface area contributed by atoms with Crippen LogP contribution in [-0.4, -0.2) is 33.4 Å². The second kappa shape index (κ2) is 6.43. The molecule has 0 aromatic carbocycles. The molecule has 2 aliphatic rings. The highest BCUT2D eigenvalue weighted by Gasteiger charge is 2.26. The number of aromatic nitrogens is 2. The summed E-state index contributed by atoms with van der Waals surface area (Å²) in [4.78, 5) is 30.3. The zero-order chi connectivity index (χ0) is 17.4. The van der Waals surface area contributed by atoms with Gasteiger partial charge < -0.3 is 9.47 Å². The van der Waals surface area contributed by atoms with Crippen molar-refractivity contribution in [2.45, 2.75) is 32.2 Å². The summed E-state index contributed by atoms with van der Waals surface area (Å²) >= 11 is 0. The van der Waals surface area contributed by atoms with Crippen LogP contribution in [0.1, 0.15) is 34.5 Å². The summed E-state index contributed by atoms with van der Waals surface area (Å²) < 4.78 is 15.8. The summed E-state index contributed by atoms with van der Waals surface area (Å²) in [6.45, 7) is 1.78. The number of pyridine rings is 2. The highest BCUT2D eigenvalue weighted by molar-refractivity contribution is 5.94. The van der Waals surface area contributed by atoms with Crippen molar-refractivity contribution in [1.29, 1.82) is 0 Å². The van der Waals surface area contributed by atoms with Gasteiger partial charge in [0.2, 0.25) is 0 Å². The standard InChI is InChI=1S/C19H20FN3O2/c20-16-11-21-8-5-15(16)19(25)22-9-6-14-3-4-18(24)23(12-13-1-2-13)17(14)7-10-22/h3-5,8,11,13H,1-2,6-7,9-10,12H2. The molecule has 4 rings (SSSR count). The van der Waals surface area contributed by atoms with Crippen molar-refractivity contribution in [2.75, 3.05) is 13.1 Å². The van der Waals surface area contributed by atoms with E-state index in [1.165, 1.54) is 25.1 Å². The number of carbonyl (C=O) groups is 1. The fourth-order valence-corrected chi connectivity index (χ4v) is 3.48. The molecular formula is C19H20FN3O2. The van der Waals surface area contributed by atoms with Gasteiger partial charge in [0, 0.05) is 44.0 Å². The van der Waals surface area contributed by atoms with Crippen molar-refractivity contribution in [2.24, 2.45) is 5.92 Å². The van der Waals surface area contributed by atoms with E-state index in [9.17, 15) is 14.0 Å².